The summed E-state index contributed by atoms with van der Waals surface area (Å²) in [5.74, 6) is -1.30. The Hall–Kier alpha value is -1.75. The quantitative estimate of drug-likeness (QED) is 0.790. The number of nitrogens with one attached hydrogen (secondary N) is 1. The van der Waals surface area contributed by atoms with E-state index in [4.69, 9.17) is 21.4 Å². The Labute approximate surface area is 97.0 Å². The lowest BCUT2D eigenvalue weighted by atomic mass is 10.3. The number of rotatable bonds is 4. The summed E-state index contributed by atoms with van der Waals surface area (Å²) < 4.78 is 4.93. The third-order valence-corrected chi connectivity index (χ3v) is 2.04. The van der Waals surface area contributed by atoms with E-state index in [1.54, 1.807) is 12.1 Å². The molecule has 0 fully saturated rings. The summed E-state index contributed by atoms with van der Waals surface area (Å²) in [5, 5.41) is 11.1. The van der Waals surface area contributed by atoms with Crippen LogP contribution in [0.1, 0.15) is 6.42 Å². The van der Waals surface area contributed by atoms with Gasteiger partial charge in [0.25, 0.3) is 0 Å². The minimum atomic E-state index is -1.18. The van der Waals surface area contributed by atoms with E-state index in [1.165, 1.54) is 13.2 Å². The fourth-order valence-corrected chi connectivity index (χ4v) is 1.34. The first-order chi connectivity index (χ1) is 7.52. The molecule has 86 valence electrons. The molecule has 0 radical (unpaired) electrons. The van der Waals surface area contributed by atoms with Crippen LogP contribution in [0.5, 0.6) is 5.75 Å². The first-order valence-electron chi connectivity index (χ1n) is 4.38. The molecule has 0 aliphatic rings. The van der Waals surface area contributed by atoms with Crippen LogP contribution in [0.4, 0.5) is 5.69 Å². The molecule has 0 saturated heterocycles. The van der Waals surface area contributed by atoms with Gasteiger partial charge < -0.3 is 15.2 Å². The van der Waals surface area contributed by atoms with Crippen LogP contribution < -0.4 is 10.1 Å². The summed E-state index contributed by atoms with van der Waals surface area (Å²) in [6, 6.07) is 4.64. The van der Waals surface area contributed by atoms with E-state index in [0.29, 0.717) is 16.5 Å². The van der Waals surface area contributed by atoms with Crippen molar-refractivity contribution in [2.75, 3.05) is 12.4 Å². The molecule has 0 unspecified atom stereocenters. The van der Waals surface area contributed by atoms with Gasteiger partial charge in [0.15, 0.2) is 0 Å². The van der Waals surface area contributed by atoms with Crippen molar-refractivity contribution >= 4 is 29.2 Å². The maximum absolute atomic E-state index is 11.1. The number of aliphatic carboxylic acids is 1. The maximum Gasteiger partial charge on any atom is 0.312 e. The van der Waals surface area contributed by atoms with Gasteiger partial charge in [-0.1, -0.05) is 11.6 Å². The van der Waals surface area contributed by atoms with Crippen LogP contribution in [-0.4, -0.2) is 24.1 Å². The molecule has 0 aromatic heterocycles. The molecule has 0 spiro atoms. The molecule has 16 heavy (non-hydrogen) atoms. The first-order valence-corrected chi connectivity index (χ1v) is 4.76. The minimum absolute atomic E-state index is 0.343. The van der Waals surface area contributed by atoms with Gasteiger partial charge in [0.1, 0.15) is 12.2 Å². The zero-order valence-corrected chi connectivity index (χ0v) is 9.25. The van der Waals surface area contributed by atoms with Gasteiger partial charge in [0, 0.05) is 5.69 Å². The Morgan fingerprint density at radius 3 is 2.69 bits per heavy atom. The lowest BCUT2D eigenvalue weighted by Gasteiger charge is -2.06. The number of hydrogen-bond acceptors (Lipinski definition) is 3. The summed E-state index contributed by atoms with van der Waals surface area (Å²) >= 11 is 5.83. The highest BCUT2D eigenvalue weighted by Gasteiger charge is 2.08. The Morgan fingerprint density at radius 2 is 2.19 bits per heavy atom. The zero-order chi connectivity index (χ0) is 12.1. The van der Waals surface area contributed by atoms with Crippen molar-refractivity contribution < 1.29 is 19.4 Å². The lowest BCUT2D eigenvalue weighted by molar-refractivity contribution is -0.139. The van der Waals surface area contributed by atoms with E-state index in [0.717, 1.165) is 0 Å². The number of carboxylic acid groups (broad SMARTS) is 1. The first kappa shape index (κ1) is 12.3. The van der Waals surface area contributed by atoms with Crippen molar-refractivity contribution in [1.82, 2.24) is 0 Å². The fourth-order valence-electron chi connectivity index (χ4n) is 1.09. The Kier molecular flexibility index (Phi) is 4.13. The molecule has 2 N–H and O–H groups in total. The predicted octanol–water partition coefficient (Wildman–Crippen LogP) is 1.76. The number of carboxylic acids is 1. The van der Waals surface area contributed by atoms with Crippen LogP contribution in [-0.2, 0) is 9.59 Å². The van der Waals surface area contributed by atoms with Gasteiger partial charge in [0.2, 0.25) is 5.91 Å². The van der Waals surface area contributed by atoms with Crippen molar-refractivity contribution in [2.24, 2.45) is 0 Å². The highest BCUT2D eigenvalue weighted by atomic mass is 35.5. The molecule has 1 amide bonds. The number of benzene rings is 1. The molecule has 5 nitrogen and oxygen atoms in total. The number of carbonyl (C=O) groups excluding carboxylic acids is 1. The number of anilines is 1. The smallest absolute Gasteiger partial charge is 0.312 e. The summed E-state index contributed by atoms with van der Waals surface area (Å²) in [4.78, 5) is 21.4. The highest BCUT2D eigenvalue weighted by molar-refractivity contribution is 6.32. The third kappa shape index (κ3) is 3.43. The van der Waals surface area contributed by atoms with Gasteiger partial charge in [0.05, 0.1) is 12.1 Å². The second kappa shape index (κ2) is 5.37. The normalized spacial score (nSPS) is 9.62. The molecule has 0 aliphatic heterocycles. The average Bonchev–Trinajstić information content (AvgIpc) is 2.16. The summed E-state index contributed by atoms with van der Waals surface area (Å²) in [7, 11) is 1.48. The number of ether oxygens (including phenoxy) is 1. The molecule has 1 aromatic rings. The molecule has 0 saturated carbocycles. The van der Waals surface area contributed by atoms with Crippen molar-refractivity contribution in [2.45, 2.75) is 6.42 Å². The second-order valence-electron chi connectivity index (χ2n) is 2.97. The average molecular weight is 244 g/mol. The molecular weight excluding hydrogens is 234 g/mol. The van der Waals surface area contributed by atoms with Crippen LogP contribution in [0.15, 0.2) is 18.2 Å². The summed E-state index contributed by atoms with van der Waals surface area (Å²) in [6.07, 6.45) is -0.580. The van der Waals surface area contributed by atoms with Crippen LogP contribution in [0.3, 0.4) is 0 Å². The Bertz CT molecular complexity index is 419. The van der Waals surface area contributed by atoms with Gasteiger partial charge in [-0.15, -0.1) is 0 Å². The number of carbonyl (C=O) groups is 2. The van der Waals surface area contributed by atoms with Crippen molar-refractivity contribution in [3.8, 4) is 5.75 Å². The van der Waals surface area contributed by atoms with Crippen molar-refractivity contribution in [3.05, 3.63) is 23.2 Å². The largest absolute Gasteiger partial charge is 0.495 e. The Balaban J connectivity index is 2.71. The van der Waals surface area contributed by atoms with E-state index in [2.05, 4.69) is 5.32 Å². The zero-order valence-electron chi connectivity index (χ0n) is 8.49. The van der Waals surface area contributed by atoms with E-state index in [1.807, 2.05) is 0 Å². The van der Waals surface area contributed by atoms with Gasteiger partial charge in [-0.05, 0) is 18.2 Å². The highest BCUT2D eigenvalue weighted by Crippen LogP contribution is 2.27. The van der Waals surface area contributed by atoms with Gasteiger partial charge >= 0.3 is 5.97 Å². The van der Waals surface area contributed by atoms with Crippen molar-refractivity contribution in [3.63, 3.8) is 0 Å². The number of halogens is 1. The third-order valence-electron chi connectivity index (χ3n) is 1.75. The van der Waals surface area contributed by atoms with Gasteiger partial charge in [-0.25, -0.2) is 0 Å². The monoisotopic (exact) mass is 243 g/mol. The molecule has 6 heteroatoms. The van der Waals surface area contributed by atoms with E-state index in [9.17, 15) is 9.59 Å². The number of hydrogen-bond donors (Lipinski definition) is 2. The van der Waals surface area contributed by atoms with Gasteiger partial charge in [-0.2, -0.15) is 0 Å². The van der Waals surface area contributed by atoms with Crippen LogP contribution >= 0.6 is 11.6 Å². The minimum Gasteiger partial charge on any atom is -0.495 e. The predicted molar refractivity (Wildman–Crippen MR) is 58.9 cm³/mol. The summed E-state index contributed by atoms with van der Waals surface area (Å²) in [5.41, 5.74) is 0.428. The number of amides is 1. The van der Waals surface area contributed by atoms with Crippen LogP contribution in [0, 0.1) is 0 Å². The van der Waals surface area contributed by atoms with E-state index in [-0.39, 0.29) is 0 Å². The van der Waals surface area contributed by atoms with Gasteiger partial charge in [-0.3, -0.25) is 9.59 Å². The lowest BCUT2D eigenvalue weighted by Crippen LogP contribution is -2.15. The summed E-state index contributed by atoms with van der Waals surface area (Å²) in [6.45, 7) is 0. The topological polar surface area (TPSA) is 75.6 Å². The molecular formula is C10H10ClNO4. The molecule has 1 rings (SSSR count). The molecule has 0 heterocycles. The van der Waals surface area contributed by atoms with E-state index >= 15 is 0 Å². The molecule has 0 atom stereocenters. The molecule has 0 aliphatic carbocycles. The molecule has 0 bridgehead atoms. The fraction of sp³-hybridized carbons (Fsp3) is 0.200. The van der Waals surface area contributed by atoms with Crippen LogP contribution in [0.25, 0.3) is 0 Å². The number of methoxy groups -OCH3 is 1. The maximum atomic E-state index is 11.1. The second-order valence-corrected chi connectivity index (χ2v) is 3.38. The molecule has 1 aromatic carbocycles. The standard InChI is InChI=1S/C10H10ClNO4/c1-16-8-3-2-6(4-7(8)11)12-9(13)5-10(14)15/h2-4H,5H2,1H3,(H,12,13)(H,14,15). The van der Waals surface area contributed by atoms with Crippen LogP contribution in [0.2, 0.25) is 5.02 Å². The van der Waals surface area contributed by atoms with Crippen molar-refractivity contribution in [1.29, 1.82) is 0 Å². The SMILES string of the molecule is COc1ccc(NC(=O)CC(=O)O)cc1Cl. The van der Waals surface area contributed by atoms with E-state index < -0.39 is 18.3 Å². The Morgan fingerprint density at radius 1 is 1.50 bits per heavy atom.